The second-order valence-electron chi connectivity index (χ2n) is 8.06. The normalized spacial score (nSPS) is 18.2. The number of hydrogen-bond acceptors (Lipinski definition) is 6. The van der Waals surface area contributed by atoms with Crippen molar-refractivity contribution in [1.82, 2.24) is 24.8 Å². The molecule has 1 aromatic carbocycles. The number of benzene rings is 1. The molecule has 2 aliphatic rings. The number of rotatable bonds is 7. The van der Waals surface area contributed by atoms with Crippen LogP contribution in [-0.2, 0) is 18.4 Å². The summed E-state index contributed by atoms with van der Waals surface area (Å²) < 4.78 is 13.2. The fourth-order valence-corrected chi connectivity index (χ4v) is 3.64. The Morgan fingerprint density at radius 3 is 2.81 bits per heavy atom. The van der Waals surface area contributed by atoms with Gasteiger partial charge in [-0.15, -0.1) is 0 Å². The molecule has 0 unspecified atom stereocenters. The minimum Gasteiger partial charge on any atom is -0.468 e. The van der Waals surface area contributed by atoms with Crippen molar-refractivity contribution < 1.29 is 14.3 Å². The fourth-order valence-electron chi connectivity index (χ4n) is 3.64. The van der Waals surface area contributed by atoms with E-state index in [4.69, 9.17) is 9.47 Å². The first kappa shape index (κ1) is 19.7. The van der Waals surface area contributed by atoms with Crippen LogP contribution in [0, 0.1) is 0 Å². The van der Waals surface area contributed by atoms with Crippen LogP contribution in [0.25, 0.3) is 11.3 Å². The third-order valence-electron chi connectivity index (χ3n) is 5.61. The maximum absolute atomic E-state index is 12.9. The summed E-state index contributed by atoms with van der Waals surface area (Å²) in [5, 5.41) is 2.99. The van der Waals surface area contributed by atoms with E-state index in [2.05, 4.69) is 20.3 Å². The van der Waals surface area contributed by atoms with Crippen molar-refractivity contribution in [2.24, 2.45) is 7.05 Å². The zero-order valence-electron chi connectivity index (χ0n) is 17.5. The van der Waals surface area contributed by atoms with Gasteiger partial charge in [0.25, 0.3) is 5.91 Å². The van der Waals surface area contributed by atoms with Crippen LogP contribution in [0.3, 0.4) is 0 Å². The lowest BCUT2D eigenvalue weighted by atomic mass is 10.2. The van der Waals surface area contributed by atoms with E-state index in [0.29, 0.717) is 19.1 Å². The zero-order chi connectivity index (χ0) is 21.2. The summed E-state index contributed by atoms with van der Waals surface area (Å²) in [6.45, 7) is 1.37. The summed E-state index contributed by atoms with van der Waals surface area (Å²) in [4.78, 5) is 26.6. The molecule has 1 amide bonds. The molecule has 2 aromatic heterocycles. The molecule has 160 valence electrons. The molecule has 8 heteroatoms. The van der Waals surface area contributed by atoms with E-state index in [1.807, 2.05) is 48.1 Å². The van der Waals surface area contributed by atoms with Crippen LogP contribution >= 0.6 is 0 Å². The summed E-state index contributed by atoms with van der Waals surface area (Å²) in [5.41, 5.74) is 2.99. The maximum Gasteiger partial charge on any atom is 0.275 e. The lowest BCUT2D eigenvalue weighted by Crippen LogP contribution is -2.36. The van der Waals surface area contributed by atoms with Gasteiger partial charge in [0.05, 0.1) is 30.2 Å². The molecule has 1 saturated carbocycles. The Bertz CT molecular complexity index is 1070. The molecular formula is C23H25N5O3. The maximum atomic E-state index is 12.9. The van der Waals surface area contributed by atoms with Gasteiger partial charge in [0, 0.05) is 31.3 Å². The average Bonchev–Trinajstić information content (AvgIpc) is 3.40. The molecule has 0 spiro atoms. The molecule has 31 heavy (non-hydrogen) atoms. The topological polar surface area (TPSA) is 91.2 Å². The van der Waals surface area contributed by atoms with Gasteiger partial charge in [0.1, 0.15) is 12.4 Å². The minimum atomic E-state index is -0.273. The molecule has 2 fully saturated rings. The molecule has 1 aliphatic heterocycles. The largest absolute Gasteiger partial charge is 0.468 e. The predicted molar refractivity (Wildman–Crippen MR) is 114 cm³/mol. The van der Waals surface area contributed by atoms with Crippen molar-refractivity contribution in [3.63, 3.8) is 0 Å². The lowest BCUT2D eigenvalue weighted by Gasteiger charge is -2.14. The van der Waals surface area contributed by atoms with Gasteiger partial charge in [-0.05, 0) is 19.3 Å². The van der Waals surface area contributed by atoms with Crippen LogP contribution in [0.5, 0.6) is 5.88 Å². The van der Waals surface area contributed by atoms with E-state index in [-0.39, 0.29) is 30.1 Å². The van der Waals surface area contributed by atoms with Crippen LogP contribution in [-0.4, -0.2) is 44.7 Å². The summed E-state index contributed by atoms with van der Waals surface area (Å²) in [5.74, 6) is 1.09. The summed E-state index contributed by atoms with van der Waals surface area (Å²) in [6, 6.07) is 9.98. The van der Waals surface area contributed by atoms with Gasteiger partial charge in [-0.1, -0.05) is 30.3 Å². The second-order valence-corrected chi connectivity index (χ2v) is 8.06. The van der Waals surface area contributed by atoms with E-state index < -0.39 is 0 Å². The molecule has 1 aliphatic carbocycles. The Balaban J connectivity index is 1.35. The van der Waals surface area contributed by atoms with E-state index in [9.17, 15) is 4.79 Å². The van der Waals surface area contributed by atoms with Gasteiger partial charge in [-0.2, -0.15) is 0 Å². The summed E-state index contributed by atoms with van der Waals surface area (Å²) in [6.07, 6.45) is 6.65. The monoisotopic (exact) mass is 419 g/mol. The number of nitrogens with one attached hydrogen (secondary N) is 1. The first-order valence-electron chi connectivity index (χ1n) is 10.6. The van der Waals surface area contributed by atoms with Crippen molar-refractivity contribution in [3.8, 4) is 17.1 Å². The molecule has 3 heterocycles. The van der Waals surface area contributed by atoms with Crippen molar-refractivity contribution >= 4 is 5.91 Å². The van der Waals surface area contributed by atoms with Gasteiger partial charge in [0.15, 0.2) is 5.69 Å². The van der Waals surface area contributed by atoms with Crippen LogP contribution in [0.1, 0.15) is 47.2 Å². The number of aromatic nitrogens is 4. The number of amides is 1. The predicted octanol–water partition coefficient (Wildman–Crippen LogP) is 2.85. The first-order chi connectivity index (χ1) is 15.2. The highest BCUT2D eigenvalue weighted by Gasteiger charge is 2.29. The van der Waals surface area contributed by atoms with Gasteiger partial charge < -0.3 is 19.4 Å². The molecule has 5 rings (SSSR count). The molecule has 1 saturated heterocycles. The Labute approximate surface area is 180 Å². The number of hydrogen-bond donors (Lipinski definition) is 1. The number of imidazole rings is 1. The Kier molecular flexibility index (Phi) is 5.38. The Morgan fingerprint density at radius 2 is 2.06 bits per heavy atom. The zero-order valence-corrected chi connectivity index (χ0v) is 17.5. The van der Waals surface area contributed by atoms with Gasteiger partial charge in [-0.3, -0.25) is 4.79 Å². The lowest BCUT2D eigenvalue weighted by molar-refractivity contribution is 0.0918. The standard InChI is InChI=1S/C23H25N5O3/c1-28-12-19(15-5-3-2-4-6-15)26-20(28)14-31-23-21(22(29)25-17-9-10-30-13-17)27-18(11-24-23)16-7-8-16/h2-6,11-12,16-17H,7-10,13-14H2,1H3,(H,25,29)/t17-/m0/s1. The minimum absolute atomic E-state index is 0.00491. The van der Waals surface area contributed by atoms with Gasteiger partial charge in [-0.25, -0.2) is 15.0 Å². The molecule has 1 N–H and O–H groups in total. The van der Waals surface area contributed by atoms with E-state index >= 15 is 0 Å². The Hall–Kier alpha value is -3.26. The van der Waals surface area contributed by atoms with E-state index in [1.165, 1.54) is 0 Å². The number of ether oxygens (including phenoxy) is 2. The average molecular weight is 419 g/mol. The number of aryl methyl sites for hydroxylation is 1. The molecular weight excluding hydrogens is 394 g/mol. The fraction of sp³-hybridized carbons (Fsp3) is 0.391. The van der Waals surface area contributed by atoms with Crippen molar-refractivity contribution in [1.29, 1.82) is 0 Å². The van der Waals surface area contributed by atoms with Crippen molar-refractivity contribution in [2.75, 3.05) is 13.2 Å². The van der Waals surface area contributed by atoms with Crippen LogP contribution in [0.15, 0.2) is 42.7 Å². The number of carbonyl (C=O) groups excluding carboxylic acids is 1. The highest BCUT2D eigenvalue weighted by Crippen LogP contribution is 2.39. The molecule has 1 atom stereocenters. The molecule has 3 aromatic rings. The third-order valence-corrected chi connectivity index (χ3v) is 5.61. The van der Waals surface area contributed by atoms with Crippen LogP contribution < -0.4 is 10.1 Å². The summed E-state index contributed by atoms with van der Waals surface area (Å²) in [7, 11) is 1.92. The van der Waals surface area contributed by atoms with Gasteiger partial charge >= 0.3 is 0 Å². The number of carbonyl (C=O) groups is 1. The highest BCUT2D eigenvalue weighted by atomic mass is 16.5. The van der Waals surface area contributed by atoms with Crippen molar-refractivity contribution in [3.05, 3.63) is 59.9 Å². The van der Waals surface area contributed by atoms with E-state index in [1.54, 1.807) is 6.20 Å². The second kappa shape index (κ2) is 8.47. The molecule has 0 bridgehead atoms. The number of nitrogens with zero attached hydrogens (tertiary/aromatic N) is 4. The Morgan fingerprint density at radius 1 is 1.23 bits per heavy atom. The molecule has 8 nitrogen and oxygen atoms in total. The smallest absolute Gasteiger partial charge is 0.275 e. The quantitative estimate of drug-likeness (QED) is 0.633. The first-order valence-corrected chi connectivity index (χ1v) is 10.6. The van der Waals surface area contributed by atoms with Crippen LogP contribution in [0.4, 0.5) is 0 Å². The van der Waals surface area contributed by atoms with E-state index in [0.717, 1.165) is 42.0 Å². The van der Waals surface area contributed by atoms with Crippen LogP contribution in [0.2, 0.25) is 0 Å². The van der Waals surface area contributed by atoms with Gasteiger partial charge in [0.2, 0.25) is 5.88 Å². The highest BCUT2D eigenvalue weighted by molar-refractivity contribution is 5.94. The van der Waals surface area contributed by atoms with Crippen molar-refractivity contribution in [2.45, 2.75) is 37.8 Å². The third kappa shape index (κ3) is 4.44. The molecule has 0 radical (unpaired) electrons. The SMILES string of the molecule is Cn1cc(-c2ccccc2)nc1COc1ncc(C2CC2)nc1C(=O)N[C@H]1CCOC1. The summed E-state index contributed by atoms with van der Waals surface area (Å²) >= 11 is 0.